The highest BCUT2D eigenvalue weighted by Crippen LogP contribution is 2.23. The number of rotatable bonds is 5. The summed E-state index contributed by atoms with van der Waals surface area (Å²) < 4.78 is 9.23. The molecular formula is C18H24N4O2S. The number of piperidine rings is 1. The number of amides is 2. The first-order chi connectivity index (χ1) is 12.1. The number of nitrogens with zero attached hydrogens (tertiary/aromatic N) is 3. The summed E-state index contributed by atoms with van der Waals surface area (Å²) in [5.41, 5.74) is 2.55. The van der Waals surface area contributed by atoms with E-state index in [0.29, 0.717) is 23.5 Å². The maximum Gasteiger partial charge on any atom is 0.323 e. The third-order valence-corrected chi connectivity index (χ3v) is 5.22. The third-order valence-electron chi connectivity index (χ3n) is 4.50. The number of urea groups is 1. The molecule has 25 heavy (non-hydrogen) atoms. The van der Waals surface area contributed by atoms with Gasteiger partial charge < -0.3 is 9.64 Å². The average molecular weight is 360 g/mol. The summed E-state index contributed by atoms with van der Waals surface area (Å²) in [5, 5.41) is 3.41. The second-order valence-electron chi connectivity index (χ2n) is 6.46. The number of hydrogen-bond acceptors (Lipinski definition) is 5. The van der Waals surface area contributed by atoms with Gasteiger partial charge in [0.05, 0.1) is 6.61 Å². The van der Waals surface area contributed by atoms with Crippen LogP contribution in [0, 0.1) is 12.8 Å². The molecule has 0 bridgehead atoms. The summed E-state index contributed by atoms with van der Waals surface area (Å²) in [6, 6.07) is 8.56. The Labute approximate surface area is 152 Å². The highest BCUT2D eigenvalue weighted by atomic mass is 32.1. The molecule has 0 saturated carbocycles. The number of nitrogens with one attached hydrogen (secondary N) is 1. The van der Waals surface area contributed by atoms with Gasteiger partial charge in [-0.1, -0.05) is 24.3 Å². The highest BCUT2D eigenvalue weighted by molar-refractivity contribution is 7.09. The molecule has 6 nitrogen and oxygen atoms in total. The van der Waals surface area contributed by atoms with Crippen LogP contribution in [-0.2, 0) is 17.8 Å². The van der Waals surface area contributed by atoms with Crippen LogP contribution in [0.5, 0.6) is 0 Å². The molecule has 7 heteroatoms. The van der Waals surface area contributed by atoms with Gasteiger partial charge in [-0.3, -0.25) is 5.32 Å². The van der Waals surface area contributed by atoms with Crippen LogP contribution in [0.4, 0.5) is 9.93 Å². The topological polar surface area (TPSA) is 67.3 Å². The molecule has 1 aliphatic rings. The normalized spacial score (nSPS) is 15.4. The smallest absolute Gasteiger partial charge is 0.323 e. The maximum atomic E-state index is 12.3. The van der Waals surface area contributed by atoms with Crippen LogP contribution in [0.15, 0.2) is 24.3 Å². The molecule has 1 aliphatic heterocycles. The van der Waals surface area contributed by atoms with Gasteiger partial charge in [-0.2, -0.15) is 4.37 Å². The summed E-state index contributed by atoms with van der Waals surface area (Å²) >= 11 is 1.22. The Balaban J connectivity index is 1.45. The summed E-state index contributed by atoms with van der Waals surface area (Å²) in [6.07, 6.45) is 3.13. The molecule has 134 valence electrons. The Hall–Kier alpha value is -1.99. The predicted octanol–water partition coefficient (Wildman–Crippen LogP) is 3.48. The molecule has 1 fully saturated rings. The van der Waals surface area contributed by atoms with Crippen molar-refractivity contribution in [3.8, 4) is 0 Å². The zero-order chi connectivity index (χ0) is 17.6. The van der Waals surface area contributed by atoms with Gasteiger partial charge in [0.25, 0.3) is 0 Å². The summed E-state index contributed by atoms with van der Waals surface area (Å²) in [5.74, 6) is 1.32. The Morgan fingerprint density at radius 1 is 1.28 bits per heavy atom. The number of carbonyl (C=O) groups excluding carboxylic acids is 1. The molecule has 1 N–H and O–H groups in total. The zero-order valence-electron chi connectivity index (χ0n) is 14.7. The van der Waals surface area contributed by atoms with Crippen molar-refractivity contribution in [2.24, 2.45) is 5.92 Å². The first kappa shape index (κ1) is 17.8. The minimum absolute atomic E-state index is 0.0708. The minimum Gasteiger partial charge on any atom is -0.380 e. The van der Waals surface area contributed by atoms with Gasteiger partial charge in [-0.25, -0.2) is 9.78 Å². The molecule has 2 heterocycles. The quantitative estimate of drug-likeness (QED) is 0.886. The molecule has 2 aromatic rings. The molecule has 0 radical (unpaired) electrons. The van der Waals surface area contributed by atoms with E-state index in [1.807, 2.05) is 11.8 Å². The molecule has 1 aromatic heterocycles. The van der Waals surface area contributed by atoms with Crippen LogP contribution < -0.4 is 5.32 Å². The van der Waals surface area contributed by atoms with Crippen molar-refractivity contribution in [1.29, 1.82) is 0 Å². The van der Waals surface area contributed by atoms with Gasteiger partial charge in [0.1, 0.15) is 5.82 Å². The lowest BCUT2D eigenvalue weighted by Gasteiger charge is -2.31. The van der Waals surface area contributed by atoms with Crippen molar-refractivity contribution >= 4 is 22.7 Å². The lowest BCUT2D eigenvalue weighted by atomic mass is 9.90. The van der Waals surface area contributed by atoms with E-state index in [2.05, 4.69) is 38.9 Å². The van der Waals surface area contributed by atoms with Crippen LogP contribution in [0.1, 0.15) is 29.8 Å². The standard InChI is InChI=1S/C18H24N4O2S/c1-13-19-17(25-21-13)20-18(23)22-9-7-15(8-10-22)11-14-3-5-16(6-4-14)12-24-2/h3-6,15H,7-12H2,1-2H3,(H,19,20,21,23). The van der Waals surface area contributed by atoms with E-state index < -0.39 is 0 Å². The first-order valence-corrected chi connectivity index (χ1v) is 9.34. The lowest BCUT2D eigenvalue weighted by Crippen LogP contribution is -2.41. The fraction of sp³-hybridized carbons (Fsp3) is 0.500. The van der Waals surface area contributed by atoms with Gasteiger partial charge in [0.2, 0.25) is 5.13 Å². The molecule has 0 spiro atoms. The minimum atomic E-state index is -0.0708. The Morgan fingerprint density at radius 2 is 1.96 bits per heavy atom. The van der Waals surface area contributed by atoms with Gasteiger partial charge in [0, 0.05) is 31.7 Å². The molecule has 2 amide bonds. The Bertz CT molecular complexity index is 693. The van der Waals surface area contributed by atoms with E-state index in [0.717, 1.165) is 32.4 Å². The molecule has 3 rings (SSSR count). The van der Waals surface area contributed by atoms with Crippen LogP contribution in [-0.4, -0.2) is 40.5 Å². The van der Waals surface area contributed by atoms with E-state index in [-0.39, 0.29) is 6.03 Å². The summed E-state index contributed by atoms with van der Waals surface area (Å²) in [6.45, 7) is 4.05. The van der Waals surface area contributed by atoms with Gasteiger partial charge in [-0.05, 0) is 43.2 Å². The van der Waals surface area contributed by atoms with Crippen molar-refractivity contribution in [2.75, 3.05) is 25.5 Å². The van der Waals surface area contributed by atoms with Crippen molar-refractivity contribution in [3.63, 3.8) is 0 Å². The Kier molecular flexibility index (Phi) is 5.99. The molecule has 0 unspecified atom stereocenters. The monoisotopic (exact) mass is 360 g/mol. The highest BCUT2D eigenvalue weighted by Gasteiger charge is 2.23. The average Bonchev–Trinajstić information content (AvgIpc) is 3.02. The summed E-state index contributed by atoms with van der Waals surface area (Å²) in [4.78, 5) is 18.3. The second kappa shape index (κ2) is 8.40. The van der Waals surface area contributed by atoms with Gasteiger partial charge in [-0.15, -0.1) is 0 Å². The molecule has 0 atom stereocenters. The van der Waals surface area contributed by atoms with Crippen molar-refractivity contribution in [2.45, 2.75) is 32.8 Å². The SMILES string of the molecule is COCc1ccc(CC2CCN(C(=O)Nc3nc(C)ns3)CC2)cc1. The van der Waals surface area contributed by atoms with Crippen molar-refractivity contribution in [3.05, 3.63) is 41.2 Å². The van der Waals surface area contributed by atoms with Crippen molar-refractivity contribution in [1.82, 2.24) is 14.3 Å². The number of aromatic nitrogens is 2. The number of methoxy groups -OCH3 is 1. The second-order valence-corrected chi connectivity index (χ2v) is 7.21. The van der Waals surface area contributed by atoms with Gasteiger partial charge in [0.15, 0.2) is 0 Å². The van der Waals surface area contributed by atoms with Crippen LogP contribution >= 0.6 is 11.5 Å². The van der Waals surface area contributed by atoms with E-state index >= 15 is 0 Å². The van der Waals surface area contributed by atoms with Crippen LogP contribution in [0.3, 0.4) is 0 Å². The third kappa shape index (κ3) is 4.99. The number of ether oxygens (including phenoxy) is 1. The van der Waals surface area contributed by atoms with E-state index in [1.54, 1.807) is 7.11 Å². The largest absolute Gasteiger partial charge is 0.380 e. The number of benzene rings is 1. The van der Waals surface area contributed by atoms with E-state index in [1.165, 1.54) is 22.7 Å². The number of carbonyl (C=O) groups is 1. The van der Waals surface area contributed by atoms with Crippen molar-refractivity contribution < 1.29 is 9.53 Å². The van der Waals surface area contributed by atoms with Gasteiger partial charge >= 0.3 is 6.03 Å². The number of aryl methyl sites for hydroxylation is 1. The van der Waals surface area contributed by atoms with Crippen LogP contribution in [0.25, 0.3) is 0 Å². The maximum absolute atomic E-state index is 12.3. The van der Waals surface area contributed by atoms with E-state index in [9.17, 15) is 4.79 Å². The van der Waals surface area contributed by atoms with Crippen LogP contribution in [0.2, 0.25) is 0 Å². The fourth-order valence-electron chi connectivity index (χ4n) is 3.13. The first-order valence-electron chi connectivity index (χ1n) is 8.57. The molecule has 1 saturated heterocycles. The number of anilines is 1. The molecular weight excluding hydrogens is 336 g/mol. The molecule has 0 aliphatic carbocycles. The lowest BCUT2D eigenvalue weighted by molar-refractivity contribution is 0.182. The number of likely N-dealkylation sites (tertiary alicyclic amines) is 1. The molecule has 1 aromatic carbocycles. The zero-order valence-corrected chi connectivity index (χ0v) is 15.5. The number of hydrogen-bond donors (Lipinski definition) is 1. The summed E-state index contributed by atoms with van der Waals surface area (Å²) in [7, 11) is 1.71. The fourth-order valence-corrected chi connectivity index (χ4v) is 3.70. The Morgan fingerprint density at radius 3 is 2.56 bits per heavy atom. The predicted molar refractivity (Wildman–Crippen MR) is 98.8 cm³/mol. The van der Waals surface area contributed by atoms with E-state index in [4.69, 9.17) is 4.74 Å².